The SMILES string of the molecule is COCC(=O)CSc1ccc(C)c(C)c1. The second kappa shape index (κ2) is 5.93. The van der Waals surface area contributed by atoms with E-state index in [0.717, 1.165) is 4.90 Å². The molecule has 0 aliphatic carbocycles. The predicted octanol–water partition coefficient (Wildman–Crippen LogP) is 2.61. The molecule has 0 amide bonds. The van der Waals surface area contributed by atoms with Gasteiger partial charge >= 0.3 is 0 Å². The molecule has 0 radical (unpaired) electrons. The maximum absolute atomic E-state index is 11.2. The van der Waals surface area contributed by atoms with Crippen LogP contribution in [0.2, 0.25) is 0 Å². The van der Waals surface area contributed by atoms with Crippen molar-refractivity contribution < 1.29 is 9.53 Å². The molecule has 1 aromatic rings. The van der Waals surface area contributed by atoms with Gasteiger partial charge in [0, 0.05) is 12.0 Å². The molecular formula is C12H16O2S. The molecule has 0 heterocycles. The summed E-state index contributed by atoms with van der Waals surface area (Å²) in [6.45, 7) is 4.37. The first kappa shape index (κ1) is 12.3. The number of ether oxygens (including phenoxy) is 1. The molecule has 1 rings (SSSR count). The smallest absolute Gasteiger partial charge is 0.168 e. The summed E-state index contributed by atoms with van der Waals surface area (Å²) in [5, 5.41) is 0. The summed E-state index contributed by atoms with van der Waals surface area (Å²) in [5.41, 5.74) is 2.54. The number of thioether (sulfide) groups is 1. The number of carbonyl (C=O) groups is 1. The van der Waals surface area contributed by atoms with Crippen LogP contribution in [0.15, 0.2) is 23.1 Å². The lowest BCUT2D eigenvalue weighted by atomic mass is 10.1. The summed E-state index contributed by atoms with van der Waals surface area (Å²) < 4.78 is 4.77. The fourth-order valence-electron chi connectivity index (χ4n) is 1.17. The third-order valence-corrected chi connectivity index (χ3v) is 3.24. The molecule has 2 nitrogen and oxygen atoms in total. The van der Waals surface area contributed by atoms with Gasteiger partial charge in [0.05, 0.1) is 5.75 Å². The lowest BCUT2D eigenvalue weighted by Gasteiger charge is -2.04. The van der Waals surface area contributed by atoms with Gasteiger partial charge in [0.2, 0.25) is 0 Å². The summed E-state index contributed by atoms with van der Waals surface area (Å²) in [6.07, 6.45) is 0. The Balaban J connectivity index is 2.51. The molecular weight excluding hydrogens is 208 g/mol. The zero-order chi connectivity index (χ0) is 11.3. The van der Waals surface area contributed by atoms with Crippen molar-refractivity contribution in [2.75, 3.05) is 19.5 Å². The van der Waals surface area contributed by atoms with Crippen molar-refractivity contribution >= 4 is 17.5 Å². The molecule has 0 unspecified atom stereocenters. The highest BCUT2D eigenvalue weighted by atomic mass is 32.2. The quantitative estimate of drug-likeness (QED) is 0.719. The minimum atomic E-state index is 0.126. The van der Waals surface area contributed by atoms with E-state index < -0.39 is 0 Å². The molecule has 0 N–H and O–H groups in total. The molecule has 15 heavy (non-hydrogen) atoms. The Morgan fingerprint density at radius 1 is 1.33 bits per heavy atom. The van der Waals surface area contributed by atoms with Crippen LogP contribution in [0.1, 0.15) is 11.1 Å². The van der Waals surface area contributed by atoms with Gasteiger partial charge in [0.15, 0.2) is 5.78 Å². The number of aryl methyl sites for hydroxylation is 2. The summed E-state index contributed by atoms with van der Waals surface area (Å²) in [7, 11) is 1.54. The average Bonchev–Trinajstić information content (AvgIpc) is 2.20. The molecule has 3 heteroatoms. The first-order valence-corrected chi connectivity index (χ1v) is 5.82. The van der Waals surface area contributed by atoms with E-state index in [-0.39, 0.29) is 12.4 Å². The number of rotatable bonds is 5. The van der Waals surface area contributed by atoms with Crippen LogP contribution in [0.5, 0.6) is 0 Å². The molecule has 0 saturated carbocycles. The van der Waals surface area contributed by atoms with E-state index in [1.165, 1.54) is 11.1 Å². The maximum atomic E-state index is 11.2. The van der Waals surface area contributed by atoms with E-state index in [1.807, 2.05) is 6.07 Å². The second-order valence-corrected chi connectivity index (χ2v) is 4.56. The fourth-order valence-corrected chi connectivity index (χ4v) is 2.01. The number of ketones is 1. The normalized spacial score (nSPS) is 10.3. The Morgan fingerprint density at radius 2 is 2.07 bits per heavy atom. The van der Waals surface area contributed by atoms with E-state index in [0.29, 0.717) is 5.75 Å². The van der Waals surface area contributed by atoms with Gasteiger partial charge in [-0.3, -0.25) is 4.79 Å². The van der Waals surface area contributed by atoms with Gasteiger partial charge in [-0.15, -0.1) is 11.8 Å². The van der Waals surface area contributed by atoms with Crippen molar-refractivity contribution in [3.8, 4) is 0 Å². The summed E-state index contributed by atoms with van der Waals surface area (Å²) in [6, 6.07) is 6.24. The predicted molar refractivity (Wildman–Crippen MR) is 63.5 cm³/mol. The van der Waals surface area contributed by atoms with Gasteiger partial charge in [-0.2, -0.15) is 0 Å². The molecule has 0 aliphatic rings. The summed E-state index contributed by atoms with van der Waals surface area (Å²) in [4.78, 5) is 12.4. The largest absolute Gasteiger partial charge is 0.377 e. The van der Waals surface area contributed by atoms with Crippen LogP contribution < -0.4 is 0 Å². The lowest BCUT2D eigenvalue weighted by Crippen LogP contribution is -2.08. The third-order valence-electron chi connectivity index (χ3n) is 2.18. The fraction of sp³-hybridized carbons (Fsp3) is 0.417. The van der Waals surface area contributed by atoms with E-state index in [1.54, 1.807) is 18.9 Å². The highest BCUT2D eigenvalue weighted by Crippen LogP contribution is 2.20. The lowest BCUT2D eigenvalue weighted by molar-refractivity contribution is -0.120. The van der Waals surface area contributed by atoms with Crippen molar-refractivity contribution in [1.82, 2.24) is 0 Å². The Kier molecular flexibility index (Phi) is 4.85. The van der Waals surface area contributed by atoms with Gasteiger partial charge in [-0.25, -0.2) is 0 Å². The highest BCUT2D eigenvalue weighted by Gasteiger charge is 2.03. The van der Waals surface area contributed by atoms with Crippen LogP contribution in [0.25, 0.3) is 0 Å². The molecule has 0 spiro atoms. The second-order valence-electron chi connectivity index (χ2n) is 3.51. The third kappa shape index (κ3) is 4.06. The number of hydrogen-bond donors (Lipinski definition) is 0. The van der Waals surface area contributed by atoms with Crippen molar-refractivity contribution in [3.05, 3.63) is 29.3 Å². The zero-order valence-electron chi connectivity index (χ0n) is 9.37. The van der Waals surface area contributed by atoms with E-state index >= 15 is 0 Å². The summed E-state index contributed by atoms with van der Waals surface area (Å²) >= 11 is 1.56. The Morgan fingerprint density at radius 3 is 2.67 bits per heavy atom. The number of carbonyl (C=O) groups excluding carboxylic acids is 1. The molecule has 0 aromatic heterocycles. The first-order valence-electron chi connectivity index (χ1n) is 4.84. The Labute approximate surface area is 95.0 Å². The highest BCUT2D eigenvalue weighted by molar-refractivity contribution is 8.00. The van der Waals surface area contributed by atoms with Crippen LogP contribution in [-0.2, 0) is 9.53 Å². The number of hydrogen-bond acceptors (Lipinski definition) is 3. The van der Waals surface area contributed by atoms with Crippen molar-refractivity contribution in [2.24, 2.45) is 0 Å². The minimum Gasteiger partial charge on any atom is -0.377 e. The molecule has 1 aromatic carbocycles. The monoisotopic (exact) mass is 224 g/mol. The van der Waals surface area contributed by atoms with Crippen LogP contribution in [0.3, 0.4) is 0 Å². The average molecular weight is 224 g/mol. The molecule has 0 aliphatic heterocycles. The minimum absolute atomic E-state index is 0.126. The van der Waals surface area contributed by atoms with Gasteiger partial charge in [0.1, 0.15) is 6.61 Å². The van der Waals surface area contributed by atoms with E-state index in [2.05, 4.69) is 26.0 Å². The van der Waals surface area contributed by atoms with Crippen LogP contribution >= 0.6 is 11.8 Å². The standard InChI is InChI=1S/C12H16O2S/c1-9-4-5-12(6-10(9)2)15-8-11(13)7-14-3/h4-6H,7-8H2,1-3H3. The van der Waals surface area contributed by atoms with Crippen LogP contribution in [0, 0.1) is 13.8 Å². The van der Waals surface area contributed by atoms with Gasteiger partial charge in [-0.05, 0) is 37.1 Å². The zero-order valence-corrected chi connectivity index (χ0v) is 10.2. The van der Waals surface area contributed by atoms with E-state index in [9.17, 15) is 4.79 Å². The molecule has 0 fully saturated rings. The number of benzene rings is 1. The molecule has 0 saturated heterocycles. The number of Topliss-reactive ketones (excluding diaryl/α,β-unsaturated/α-hetero) is 1. The molecule has 0 bridgehead atoms. The molecule has 0 atom stereocenters. The maximum Gasteiger partial charge on any atom is 0.168 e. The van der Waals surface area contributed by atoms with E-state index in [4.69, 9.17) is 4.74 Å². The van der Waals surface area contributed by atoms with Crippen molar-refractivity contribution in [1.29, 1.82) is 0 Å². The number of methoxy groups -OCH3 is 1. The summed E-state index contributed by atoms with van der Waals surface area (Å²) in [5.74, 6) is 0.608. The van der Waals surface area contributed by atoms with Crippen LogP contribution in [0.4, 0.5) is 0 Å². The van der Waals surface area contributed by atoms with Crippen molar-refractivity contribution in [3.63, 3.8) is 0 Å². The Bertz CT molecular complexity index is 347. The topological polar surface area (TPSA) is 26.3 Å². The van der Waals surface area contributed by atoms with Gasteiger partial charge < -0.3 is 4.74 Å². The van der Waals surface area contributed by atoms with Gasteiger partial charge in [0.25, 0.3) is 0 Å². The molecule has 82 valence electrons. The van der Waals surface area contributed by atoms with Gasteiger partial charge in [-0.1, -0.05) is 6.07 Å². The Hall–Kier alpha value is -0.800. The first-order chi connectivity index (χ1) is 7.13. The van der Waals surface area contributed by atoms with Crippen LogP contribution in [-0.4, -0.2) is 25.3 Å². The van der Waals surface area contributed by atoms with Crippen molar-refractivity contribution in [2.45, 2.75) is 18.7 Å².